The lowest BCUT2D eigenvalue weighted by molar-refractivity contribution is -0.00000567. The number of unbranched alkanes of at least 4 members (excludes halogenated alkanes) is 15. The maximum absolute atomic E-state index is 2.32. The molecule has 0 heterocycles. The van der Waals surface area contributed by atoms with Crippen molar-refractivity contribution in [1.29, 1.82) is 0 Å². The van der Waals surface area contributed by atoms with E-state index in [4.69, 9.17) is 0 Å². The van der Waals surface area contributed by atoms with Gasteiger partial charge in [-0.1, -0.05) is 97.8 Å². The summed E-state index contributed by atoms with van der Waals surface area (Å²) in [4.78, 5) is 0. The summed E-state index contributed by atoms with van der Waals surface area (Å²) in [6, 6.07) is 0. The molecule has 0 saturated heterocycles. The normalized spacial score (nSPS) is 11.1. The van der Waals surface area contributed by atoms with E-state index in [0.717, 1.165) is 10.9 Å². The molecule has 0 aliphatic heterocycles. The van der Waals surface area contributed by atoms with Crippen LogP contribution < -0.4 is 4.70 Å². The van der Waals surface area contributed by atoms with E-state index in [1.807, 2.05) is 0 Å². The predicted octanol–water partition coefficient (Wildman–Crippen LogP) is 5.69. The molecular formula is C24H51FS. The molecule has 0 nitrogen and oxygen atoms in total. The summed E-state index contributed by atoms with van der Waals surface area (Å²) < 4.78 is 0. The van der Waals surface area contributed by atoms with E-state index in [9.17, 15) is 0 Å². The van der Waals surface area contributed by atoms with Crippen LogP contribution >= 0.6 is 0 Å². The third kappa shape index (κ3) is 22.3. The maximum Gasteiger partial charge on any atom is 0.108 e. The molecule has 0 saturated carbocycles. The van der Waals surface area contributed by atoms with Gasteiger partial charge in [0.05, 0.1) is 0 Å². The van der Waals surface area contributed by atoms with Crippen LogP contribution in [0.5, 0.6) is 0 Å². The molecule has 0 aliphatic rings. The van der Waals surface area contributed by atoms with Crippen molar-refractivity contribution in [2.75, 3.05) is 17.3 Å². The van der Waals surface area contributed by atoms with Crippen LogP contribution in [0.4, 0.5) is 0 Å². The van der Waals surface area contributed by atoms with Gasteiger partial charge in [0.1, 0.15) is 17.3 Å². The maximum atomic E-state index is 2.32. The highest BCUT2D eigenvalue weighted by atomic mass is 32.2. The second kappa shape index (κ2) is 25.3. The summed E-state index contributed by atoms with van der Waals surface area (Å²) in [6.07, 6.45) is 26.4. The fourth-order valence-electron chi connectivity index (χ4n) is 3.57. The molecule has 0 aromatic carbocycles. The van der Waals surface area contributed by atoms with Crippen molar-refractivity contribution in [3.63, 3.8) is 0 Å². The van der Waals surface area contributed by atoms with Gasteiger partial charge in [-0.2, -0.15) is 0 Å². The van der Waals surface area contributed by atoms with Gasteiger partial charge in [-0.25, -0.2) is 0 Å². The molecular weight excluding hydrogens is 339 g/mol. The Kier molecular flexibility index (Phi) is 27.7. The molecule has 0 fully saturated rings. The van der Waals surface area contributed by atoms with Gasteiger partial charge < -0.3 is 4.70 Å². The summed E-state index contributed by atoms with van der Waals surface area (Å²) in [5.74, 6) is 4.65. The Balaban J connectivity index is 0. The van der Waals surface area contributed by atoms with Crippen molar-refractivity contribution in [3.8, 4) is 0 Å². The molecule has 0 rings (SSSR count). The first-order valence-electron chi connectivity index (χ1n) is 12.0. The molecule has 0 aromatic heterocycles. The predicted molar refractivity (Wildman–Crippen MR) is 122 cm³/mol. The van der Waals surface area contributed by atoms with Gasteiger partial charge in [0, 0.05) is 0 Å². The molecule has 0 unspecified atom stereocenters. The Bertz CT molecular complexity index is 194. The van der Waals surface area contributed by atoms with E-state index < -0.39 is 0 Å². The molecule has 26 heavy (non-hydrogen) atoms. The molecule has 0 amide bonds. The molecule has 0 N–H and O–H groups in total. The first-order valence-corrected chi connectivity index (χ1v) is 13.7. The molecule has 0 atom stereocenters. The molecule has 0 spiro atoms. The number of rotatable bonds is 21. The average molecular weight is 391 g/mol. The zero-order valence-corrected chi connectivity index (χ0v) is 19.5. The first-order chi connectivity index (χ1) is 12.3. The number of halogens is 1. The number of hydrogen-bond donors (Lipinski definition) is 0. The summed E-state index contributed by atoms with van der Waals surface area (Å²) in [6.45, 7) is 6.95. The standard InChI is InChI=1S/C24H51S.FH/c1-4-7-10-13-16-19-22-25(23-20-17-14-11-8-5-2)24-21-18-15-12-9-6-3;/h4-24H2,1-3H3;1H/q+1;/p-1. The van der Waals surface area contributed by atoms with Gasteiger partial charge in [-0.05, 0) is 49.4 Å². The molecule has 0 bridgehead atoms. The van der Waals surface area contributed by atoms with Crippen molar-refractivity contribution in [2.45, 2.75) is 136 Å². The Morgan fingerprint density at radius 1 is 0.346 bits per heavy atom. The third-order valence-corrected chi connectivity index (χ3v) is 7.96. The van der Waals surface area contributed by atoms with Gasteiger partial charge in [-0.15, -0.1) is 0 Å². The summed E-state index contributed by atoms with van der Waals surface area (Å²) in [5.41, 5.74) is 0. The molecule has 0 aromatic rings. The van der Waals surface area contributed by atoms with Gasteiger partial charge in [0.15, 0.2) is 0 Å². The highest BCUT2D eigenvalue weighted by Crippen LogP contribution is 2.14. The lowest BCUT2D eigenvalue weighted by Gasteiger charge is -2.10. The highest BCUT2D eigenvalue weighted by molar-refractivity contribution is 7.96. The van der Waals surface area contributed by atoms with Crippen LogP contribution in [-0.4, -0.2) is 17.3 Å². The lowest BCUT2D eigenvalue weighted by Crippen LogP contribution is -3.00. The van der Waals surface area contributed by atoms with Crippen LogP contribution in [0.3, 0.4) is 0 Å². The first kappa shape index (κ1) is 28.5. The van der Waals surface area contributed by atoms with Crippen molar-refractivity contribution in [1.82, 2.24) is 0 Å². The van der Waals surface area contributed by atoms with E-state index in [1.54, 1.807) is 17.3 Å². The van der Waals surface area contributed by atoms with Crippen molar-refractivity contribution in [3.05, 3.63) is 0 Å². The third-order valence-electron chi connectivity index (χ3n) is 5.36. The van der Waals surface area contributed by atoms with E-state index in [1.165, 1.54) is 116 Å². The SMILES string of the molecule is CCCCCCCC[S+](CCCCCCCC)CCCCCCCC.[F-]. The fraction of sp³-hybridized carbons (Fsp3) is 1.00. The summed E-state index contributed by atoms with van der Waals surface area (Å²) in [7, 11) is 0.754. The van der Waals surface area contributed by atoms with E-state index in [2.05, 4.69) is 20.8 Å². The van der Waals surface area contributed by atoms with Crippen molar-refractivity contribution >= 4 is 10.9 Å². The summed E-state index contributed by atoms with van der Waals surface area (Å²) >= 11 is 0. The van der Waals surface area contributed by atoms with Crippen LogP contribution in [-0.2, 0) is 10.9 Å². The fourth-order valence-corrected chi connectivity index (χ4v) is 6.02. The van der Waals surface area contributed by atoms with Gasteiger partial charge in [0.2, 0.25) is 0 Å². The van der Waals surface area contributed by atoms with E-state index >= 15 is 0 Å². The van der Waals surface area contributed by atoms with Crippen LogP contribution in [0, 0.1) is 0 Å². The smallest absolute Gasteiger partial charge is 0.108 e. The van der Waals surface area contributed by atoms with E-state index in [0.29, 0.717) is 0 Å². The monoisotopic (exact) mass is 390 g/mol. The lowest BCUT2D eigenvalue weighted by atomic mass is 10.1. The summed E-state index contributed by atoms with van der Waals surface area (Å²) in [5, 5.41) is 0. The second-order valence-corrected chi connectivity index (χ2v) is 10.5. The largest absolute Gasteiger partial charge is 1.00 e. The quantitative estimate of drug-likeness (QED) is 0.174. The van der Waals surface area contributed by atoms with Gasteiger partial charge in [-0.3, -0.25) is 0 Å². The Labute approximate surface area is 169 Å². The molecule has 0 radical (unpaired) electrons. The minimum atomic E-state index is 0. The van der Waals surface area contributed by atoms with Gasteiger partial charge >= 0.3 is 0 Å². The van der Waals surface area contributed by atoms with Crippen LogP contribution in [0.25, 0.3) is 0 Å². The highest BCUT2D eigenvalue weighted by Gasteiger charge is 2.16. The zero-order valence-electron chi connectivity index (χ0n) is 18.6. The second-order valence-electron chi connectivity index (χ2n) is 8.03. The van der Waals surface area contributed by atoms with E-state index in [-0.39, 0.29) is 4.70 Å². The molecule has 160 valence electrons. The Hall–Kier alpha value is 0.280. The van der Waals surface area contributed by atoms with Crippen LogP contribution in [0.15, 0.2) is 0 Å². The zero-order chi connectivity index (χ0) is 18.4. The average Bonchev–Trinajstić information content (AvgIpc) is 2.63. The molecule has 2 heteroatoms. The molecule has 0 aliphatic carbocycles. The minimum absolute atomic E-state index is 0. The number of hydrogen-bond acceptors (Lipinski definition) is 0. The van der Waals surface area contributed by atoms with Crippen molar-refractivity contribution in [2.24, 2.45) is 0 Å². The Morgan fingerprint density at radius 3 is 0.846 bits per heavy atom. The Morgan fingerprint density at radius 2 is 0.577 bits per heavy atom. The van der Waals surface area contributed by atoms with Crippen LogP contribution in [0.2, 0.25) is 0 Å². The van der Waals surface area contributed by atoms with Crippen molar-refractivity contribution < 1.29 is 4.70 Å². The topological polar surface area (TPSA) is 0 Å². The minimum Gasteiger partial charge on any atom is -1.00 e. The van der Waals surface area contributed by atoms with Crippen LogP contribution in [0.1, 0.15) is 136 Å². The van der Waals surface area contributed by atoms with Gasteiger partial charge in [0.25, 0.3) is 0 Å².